The summed E-state index contributed by atoms with van der Waals surface area (Å²) in [5.74, 6) is -0.132. The molecule has 0 spiro atoms. The van der Waals surface area contributed by atoms with Crippen molar-refractivity contribution in [2.75, 3.05) is 32.7 Å². The van der Waals surface area contributed by atoms with Crippen LogP contribution in [0.5, 0.6) is 0 Å². The van der Waals surface area contributed by atoms with Crippen LogP contribution in [-0.4, -0.2) is 43.2 Å². The number of nitrogens with two attached hydrogens (primary N) is 1. The Bertz CT molecular complexity index is 390. The Morgan fingerprint density at radius 2 is 2.00 bits per heavy atom. The standard InChI is InChI=1S/C14H22FN3/c1-14(11-16,18-8-6-17-7-9-18)10-12-4-2-3-5-13(12)15/h2-5,17H,6-11,16H2,1H3. The molecular weight excluding hydrogens is 229 g/mol. The van der Waals surface area contributed by atoms with E-state index in [-0.39, 0.29) is 11.4 Å². The Morgan fingerprint density at radius 3 is 2.61 bits per heavy atom. The number of benzene rings is 1. The average molecular weight is 251 g/mol. The van der Waals surface area contributed by atoms with Crippen LogP contribution in [0.4, 0.5) is 4.39 Å². The van der Waals surface area contributed by atoms with Gasteiger partial charge >= 0.3 is 0 Å². The van der Waals surface area contributed by atoms with E-state index >= 15 is 0 Å². The van der Waals surface area contributed by atoms with Crippen LogP contribution in [0.3, 0.4) is 0 Å². The molecule has 0 aliphatic carbocycles. The van der Waals surface area contributed by atoms with Crippen molar-refractivity contribution in [1.29, 1.82) is 0 Å². The third-order valence-corrected chi connectivity index (χ3v) is 3.85. The number of nitrogens with one attached hydrogen (secondary N) is 1. The highest BCUT2D eigenvalue weighted by molar-refractivity contribution is 5.20. The zero-order valence-electron chi connectivity index (χ0n) is 11.0. The van der Waals surface area contributed by atoms with Crippen LogP contribution in [0.2, 0.25) is 0 Å². The summed E-state index contributed by atoms with van der Waals surface area (Å²) in [6.07, 6.45) is 0.663. The first kappa shape index (κ1) is 13.5. The molecule has 0 bridgehead atoms. The highest BCUT2D eigenvalue weighted by Crippen LogP contribution is 2.22. The van der Waals surface area contributed by atoms with Crippen LogP contribution in [0.15, 0.2) is 24.3 Å². The Kier molecular flexibility index (Phi) is 4.32. The van der Waals surface area contributed by atoms with E-state index in [9.17, 15) is 4.39 Å². The van der Waals surface area contributed by atoms with Crippen molar-refractivity contribution in [1.82, 2.24) is 10.2 Å². The molecule has 3 nitrogen and oxygen atoms in total. The summed E-state index contributed by atoms with van der Waals surface area (Å²) in [4.78, 5) is 2.37. The van der Waals surface area contributed by atoms with Gasteiger partial charge < -0.3 is 11.1 Å². The maximum atomic E-state index is 13.8. The van der Waals surface area contributed by atoms with E-state index in [2.05, 4.69) is 17.1 Å². The zero-order chi connectivity index (χ0) is 13.0. The number of hydrogen-bond acceptors (Lipinski definition) is 3. The second kappa shape index (κ2) is 5.78. The highest BCUT2D eigenvalue weighted by atomic mass is 19.1. The fourth-order valence-electron chi connectivity index (χ4n) is 2.57. The molecular formula is C14H22FN3. The van der Waals surface area contributed by atoms with Crippen molar-refractivity contribution in [2.24, 2.45) is 5.73 Å². The summed E-state index contributed by atoms with van der Waals surface area (Å²) in [6, 6.07) is 6.98. The molecule has 1 heterocycles. The summed E-state index contributed by atoms with van der Waals surface area (Å²) in [6.45, 7) is 6.58. The van der Waals surface area contributed by atoms with E-state index in [1.165, 1.54) is 6.07 Å². The Balaban J connectivity index is 2.14. The minimum atomic E-state index is -0.162. The van der Waals surface area contributed by atoms with Crippen molar-refractivity contribution in [3.8, 4) is 0 Å². The minimum absolute atomic E-state index is 0.132. The summed E-state index contributed by atoms with van der Waals surface area (Å²) in [5.41, 5.74) is 6.54. The molecule has 1 atom stereocenters. The number of piperazine rings is 1. The van der Waals surface area contributed by atoms with Crippen LogP contribution in [0.25, 0.3) is 0 Å². The van der Waals surface area contributed by atoms with E-state index < -0.39 is 0 Å². The van der Waals surface area contributed by atoms with Crippen molar-refractivity contribution < 1.29 is 4.39 Å². The first-order valence-electron chi connectivity index (χ1n) is 6.55. The van der Waals surface area contributed by atoms with Crippen LogP contribution < -0.4 is 11.1 Å². The van der Waals surface area contributed by atoms with E-state index in [1.807, 2.05) is 12.1 Å². The predicted molar refractivity (Wildman–Crippen MR) is 72.0 cm³/mol. The van der Waals surface area contributed by atoms with Crippen molar-refractivity contribution in [2.45, 2.75) is 18.9 Å². The molecule has 1 fully saturated rings. The summed E-state index contributed by atoms with van der Waals surface area (Å²) < 4.78 is 13.8. The van der Waals surface area contributed by atoms with Crippen LogP contribution in [-0.2, 0) is 6.42 Å². The molecule has 2 rings (SSSR count). The van der Waals surface area contributed by atoms with Gasteiger partial charge in [0.05, 0.1) is 0 Å². The molecule has 0 saturated carbocycles. The predicted octanol–water partition coefficient (Wildman–Crippen LogP) is 0.991. The van der Waals surface area contributed by atoms with Gasteiger partial charge in [-0.15, -0.1) is 0 Å². The van der Waals surface area contributed by atoms with Crippen LogP contribution in [0.1, 0.15) is 12.5 Å². The molecule has 100 valence electrons. The van der Waals surface area contributed by atoms with E-state index in [0.717, 1.165) is 31.7 Å². The topological polar surface area (TPSA) is 41.3 Å². The highest BCUT2D eigenvalue weighted by Gasteiger charge is 2.32. The van der Waals surface area contributed by atoms with Crippen molar-refractivity contribution >= 4 is 0 Å². The van der Waals surface area contributed by atoms with Gasteiger partial charge in [-0.25, -0.2) is 4.39 Å². The van der Waals surface area contributed by atoms with Gasteiger partial charge in [0.2, 0.25) is 0 Å². The molecule has 1 aliphatic heterocycles. The lowest BCUT2D eigenvalue weighted by molar-refractivity contribution is 0.0938. The lowest BCUT2D eigenvalue weighted by Gasteiger charge is -2.43. The minimum Gasteiger partial charge on any atom is -0.329 e. The van der Waals surface area contributed by atoms with Gasteiger partial charge in [-0.2, -0.15) is 0 Å². The molecule has 3 N–H and O–H groups in total. The molecule has 1 aliphatic rings. The monoisotopic (exact) mass is 251 g/mol. The van der Waals surface area contributed by atoms with Crippen molar-refractivity contribution in [3.63, 3.8) is 0 Å². The summed E-state index contributed by atoms with van der Waals surface area (Å²) >= 11 is 0. The molecule has 1 aromatic rings. The fraction of sp³-hybridized carbons (Fsp3) is 0.571. The molecule has 0 amide bonds. The third kappa shape index (κ3) is 2.88. The fourth-order valence-corrected chi connectivity index (χ4v) is 2.57. The van der Waals surface area contributed by atoms with Gasteiger partial charge in [0.1, 0.15) is 5.82 Å². The van der Waals surface area contributed by atoms with E-state index in [4.69, 9.17) is 5.73 Å². The normalized spacial score (nSPS) is 20.6. The first-order valence-corrected chi connectivity index (χ1v) is 6.55. The second-order valence-electron chi connectivity index (χ2n) is 5.21. The quantitative estimate of drug-likeness (QED) is 0.838. The van der Waals surface area contributed by atoms with E-state index in [1.54, 1.807) is 6.07 Å². The Labute approximate surface area is 108 Å². The van der Waals surface area contributed by atoms with Crippen LogP contribution in [0, 0.1) is 5.82 Å². The van der Waals surface area contributed by atoms with Gasteiger partial charge in [-0.05, 0) is 25.0 Å². The molecule has 1 unspecified atom stereocenters. The molecule has 1 aromatic carbocycles. The Hall–Kier alpha value is -0.970. The zero-order valence-corrected chi connectivity index (χ0v) is 11.0. The number of hydrogen-bond donors (Lipinski definition) is 2. The van der Waals surface area contributed by atoms with Crippen molar-refractivity contribution in [3.05, 3.63) is 35.6 Å². The lowest BCUT2D eigenvalue weighted by atomic mass is 9.90. The summed E-state index contributed by atoms with van der Waals surface area (Å²) in [5, 5.41) is 3.33. The molecule has 4 heteroatoms. The summed E-state index contributed by atoms with van der Waals surface area (Å²) in [7, 11) is 0. The van der Waals surface area contributed by atoms with Crippen LogP contribution >= 0.6 is 0 Å². The average Bonchev–Trinajstić information content (AvgIpc) is 2.42. The van der Waals surface area contributed by atoms with Gasteiger partial charge in [0, 0.05) is 38.3 Å². The second-order valence-corrected chi connectivity index (χ2v) is 5.21. The molecule has 0 aromatic heterocycles. The first-order chi connectivity index (χ1) is 8.65. The molecule has 1 saturated heterocycles. The van der Waals surface area contributed by atoms with Gasteiger partial charge in [-0.1, -0.05) is 18.2 Å². The van der Waals surface area contributed by atoms with Gasteiger partial charge in [0.25, 0.3) is 0 Å². The number of halogens is 1. The smallest absolute Gasteiger partial charge is 0.126 e. The Morgan fingerprint density at radius 1 is 1.33 bits per heavy atom. The van der Waals surface area contributed by atoms with E-state index in [0.29, 0.717) is 13.0 Å². The van der Waals surface area contributed by atoms with Gasteiger partial charge in [0.15, 0.2) is 0 Å². The SMILES string of the molecule is CC(CN)(Cc1ccccc1F)N1CCNCC1. The number of nitrogens with zero attached hydrogens (tertiary/aromatic N) is 1. The van der Waals surface area contributed by atoms with Gasteiger partial charge in [-0.3, -0.25) is 4.90 Å². The maximum Gasteiger partial charge on any atom is 0.126 e. The maximum absolute atomic E-state index is 13.8. The number of rotatable bonds is 4. The molecule has 0 radical (unpaired) electrons. The largest absolute Gasteiger partial charge is 0.329 e. The lowest BCUT2D eigenvalue weighted by Crippen LogP contribution is -2.59. The molecule has 18 heavy (non-hydrogen) atoms. The third-order valence-electron chi connectivity index (χ3n) is 3.85.